The predicted molar refractivity (Wildman–Crippen MR) is 116 cm³/mol. The quantitative estimate of drug-likeness (QED) is 0.285. The first-order valence-corrected chi connectivity index (χ1v) is 9.10. The van der Waals surface area contributed by atoms with Crippen molar-refractivity contribution in [1.29, 1.82) is 0 Å². The van der Waals surface area contributed by atoms with Crippen LogP contribution >= 0.6 is 0 Å². The third-order valence-electron chi connectivity index (χ3n) is 3.94. The molecule has 0 fully saturated rings. The number of pyridine rings is 2. The van der Waals surface area contributed by atoms with E-state index in [1.807, 2.05) is 0 Å². The van der Waals surface area contributed by atoms with E-state index >= 15 is 0 Å². The fourth-order valence-corrected chi connectivity index (χ4v) is 2.38. The van der Waals surface area contributed by atoms with Crippen molar-refractivity contribution in [3.63, 3.8) is 0 Å². The van der Waals surface area contributed by atoms with Gasteiger partial charge in [-0.3, -0.25) is 29.5 Å². The van der Waals surface area contributed by atoms with E-state index in [2.05, 4.69) is 20.0 Å². The minimum Gasteiger partial charge on any atom is -0.506 e. The number of aliphatic imine (C=N–C) groups is 2. The number of ketones is 2. The lowest BCUT2D eigenvalue weighted by Crippen LogP contribution is -2.05. The van der Waals surface area contributed by atoms with E-state index < -0.39 is 0 Å². The van der Waals surface area contributed by atoms with Gasteiger partial charge in [0.15, 0.2) is 11.6 Å². The minimum atomic E-state index is -0.341. The third kappa shape index (κ3) is 6.30. The summed E-state index contributed by atoms with van der Waals surface area (Å²) < 4.78 is 0. The average molecular weight is 406 g/mol. The maximum absolute atomic E-state index is 11.8. The van der Waals surface area contributed by atoms with Crippen molar-refractivity contribution < 1.29 is 19.8 Å². The van der Waals surface area contributed by atoms with Gasteiger partial charge in [-0.1, -0.05) is 0 Å². The van der Waals surface area contributed by atoms with E-state index in [0.717, 1.165) is 0 Å². The fraction of sp³-hybridized carbons (Fsp3) is 0.182. The van der Waals surface area contributed by atoms with Crippen LogP contribution in [0.15, 0.2) is 70.2 Å². The van der Waals surface area contributed by atoms with Gasteiger partial charge in [0.25, 0.3) is 0 Å². The lowest BCUT2D eigenvalue weighted by molar-refractivity contribution is -0.114. The topological polar surface area (TPSA) is 125 Å². The number of aromatic nitrogens is 2. The number of aliphatic hydroxyl groups excluding tert-OH is 2. The number of hydrogen-bond donors (Lipinski definition) is 2. The Morgan fingerprint density at radius 2 is 1.23 bits per heavy atom. The molecule has 30 heavy (non-hydrogen) atoms. The molecule has 0 atom stereocenters. The number of allylic oxidation sites excluding steroid dienone is 2. The zero-order valence-electron chi connectivity index (χ0n) is 16.7. The molecule has 2 rings (SSSR count). The molecular weight excluding hydrogens is 384 g/mol. The van der Waals surface area contributed by atoms with E-state index in [-0.39, 0.29) is 47.3 Å². The summed E-state index contributed by atoms with van der Waals surface area (Å²) in [6, 6.07) is 6.56. The van der Waals surface area contributed by atoms with Crippen molar-refractivity contribution in [3.05, 3.63) is 71.3 Å². The summed E-state index contributed by atoms with van der Waals surface area (Å²) in [5.41, 5.74) is 0.944. The van der Waals surface area contributed by atoms with Gasteiger partial charge in [-0.25, -0.2) is 0 Å². The van der Waals surface area contributed by atoms with E-state index in [4.69, 9.17) is 0 Å². The molecule has 2 aromatic heterocycles. The molecule has 0 aliphatic rings. The molecule has 0 saturated heterocycles. The normalized spacial score (nSPS) is 13.3. The van der Waals surface area contributed by atoms with Gasteiger partial charge in [-0.2, -0.15) is 0 Å². The van der Waals surface area contributed by atoms with Crippen molar-refractivity contribution in [2.24, 2.45) is 9.98 Å². The Bertz CT molecular complexity index is 926. The number of nitrogens with zero attached hydrogens (tertiary/aromatic N) is 4. The van der Waals surface area contributed by atoms with Crippen LogP contribution in [-0.4, -0.2) is 57.3 Å². The van der Waals surface area contributed by atoms with Crippen LogP contribution in [0.2, 0.25) is 0 Å². The second-order valence-electron chi connectivity index (χ2n) is 6.19. The van der Waals surface area contributed by atoms with Gasteiger partial charge in [0.2, 0.25) is 0 Å². The van der Waals surface area contributed by atoms with Crippen molar-refractivity contribution in [2.75, 3.05) is 13.1 Å². The molecule has 0 aromatic carbocycles. The summed E-state index contributed by atoms with van der Waals surface area (Å²) in [4.78, 5) is 39.7. The second kappa shape index (κ2) is 11.2. The van der Waals surface area contributed by atoms with Crippen LogP contribution in [0.4, 0.5) is 0 Å². The molecule has 2 N–H and O–H groups in total. The van der Waals surface area contributed by atoms with Crippen molar-refractivity contribution in [1.82, 2.24) is 9.97 Å². The largest absolute Gasteiger partial charge is 0.506 e. The number of hydrogen-bond acceptors (Lipinski definition) is 8. The first-order valence-electron chi connectivity index (χ1n) is 9.10. The Kier molecular flexibility index (Phi) is 8.31. The van der Waals surface area contributed by atoms with E-state index in [1.165, 1.54) is 38.7 Å². The van der Waals surface area contributed by atoms with Gasteiger partial charge in [0.1, 0.15) is 11.5 Å². The summed E-state index contributed by atoms with van der Waals surface area (Å²) in [5.74, 6) is -1.09. The van der Waals surface area contributed by atoms with Crippen LogP contribution in [0.3, 0.4) is 0 Å². The van der Waals surface area contributed by atoms with Crippen LogP contribution in [0.25, 0.3) is 11.5 Å². The fourth-order valence-electron chi connectivity index (χ4n) is 2.38. The monoisotopic (exact) mass is 406 g/mol. The highest BCUT2D eigenvalue weighted by Gasteiger charge is 2.12. The number of carbonyl (C=O) groups is 2. The molecule has 0 bridgehead atoms. The molecule has 8 heteroatoms. The molecule has 0 radical (unpaired) electrons. The lowest BCUT2D eigenvalue weighted by atomic mass is 10.1. The van der Waals surface area contributed by atoms with Crippen LogP contribution in [0, 0.1) is 0 Å². The van der Waals surface area contributed by atoms with Crippen LogP contribution in [0.1, 0.15) is 25.0 Å². The SMILES string of the molecule is CC(=O)C(C=NCCN=CC(C(C)=O)=C(O)c1cccnc1)=C(O)c1cccnc1. The summed E-state index contributed by atoms with van der Waals surface area (Å²) in [7, 11) is 0. The number of Topliss-reactive ketones (excluding diaryl/α,β-unsaturated/α-hetero) is 2. The van der Waals surface area contributed by atoms with Crippen molar-refractivity contribution >= 4 is 35.5 Å². The molecule has 0 saturated carbocycles. The summed E-state index contributed by atoms with van der Waals surface area (Å²) in [6.07, 6.45) is 8.59. The Balaban J connectivity index is 2.07. The van der Waals surface area contributed by atoms with Crippen molar-refractivity contribution in [3.8, 4) is 0 Å². The van der Waals surface area contributed by atoms with Gasteiger partial charge in [0.05, 0.1) is 24.2 Å². The van der Waals surface area contributed by atoms with E-state index in [1.54, 1.807) is 36.7 Å². The molecule has 0 aliphatic carbocycles. The first-order chi connectivity index (χ1) is 14.4. The smallest absolute Gasteiger partial charge is 0.165 e. The first kappa shape index (κ1) is 22.4. The number of rotatable bonds is 9. The Morgan fingerprint density at radius 3 is 1.53 bits per heavy atom. The number of aliphatic hydroxyl groups is 2. The average Bonchev–Trinajstić information content (AvgIpc) is 2.75. The molecule has 0 amide bonds. The van der Waals surface area contributed by atoms with Crippen molar-refractivity contribution in [2.45, 2.75) is 13.8 Å². The zero-order chi connectivity index (χ0) is 21.9. The Labute approximate surface area is 174 Å². The highest BCUT2D eigenvalue weighted by atomic mass is 16.3. The van der Waals surface area contributed by atoms with Crippen LogP contribution < -0.4 is 0 Å². The summed E-state index contributed by atoms with van der Waals surface area (Å²) >= 11 is 0. The summed E-state index contributed by atoms with van der Waals surface area (Å²) in [5, 5.41) is 20.6. The Hall–Kier alpha value is -3.94. The maximum Gasteiger partial charge on any atom is 0.165 e. The predicted octanol–water partition coefficient (Wildman–Crippen LogP) is 3.03. The molecule has 0 unspecified atom stereocenters. The van der Waals surface area contributed by atoms with Gasteiger partial charge in [-0.15, -0.1) is 0 Å². The van der Waals surface area contributed by atoms with Gasteiger partial charge in [0, 0.05) is 48.3 Å². The molecule has 2 aromatic rings. The zero-order valence-corrected chi connectivity index (χ0v) is 16.7. The highest BCUT2D eigenvalue weighted by molar-refractivity contribution is 6.18. The minimum absolute atomic E-state index is 0.0607. The van der Waals surface area contributed by atoms with Gasteiger partial charge >= 0.3 is 0 Å². The molecule has 0 spiro atoms. The molecule has 154 valence electrons. The summed E-state index contributed by atoms with van der Waals surface area (Å²) in [6.45, 7) is 3.09. The highest BCUT2D eigenvalue weighted by Crippen LogP contribution is 2.15. The lowest BCUT2D eigenvalue weighted by Gasteiger charge is -2.04. The standard InChI is InChI=1S/C22H22N4O4/c1-15(27)19(21(29)17-5-3-7-23-11-17)13-25-9-10-26-14-20(16(2)28)22(30)18-6-4-8-24-12-18/h3-8,11-14,29-30H,9-10H2,1-2H3. The van der Waals surface area contributed by atoms with Gasteiger partial charge < -0.3 is 10.2 Å². The van der Waals surface area contributed by atoms with E-state index in [9.17, 15) is 19.8 Å². The molecular formula is C22H22N4O4. The van der Waals surface area contributed by atoms with E-state index in [0.29, 0.717) is 11.1 Å². The Morgan fingerprint density at radius 1 is 0.833 bits per heavy atom. The molecule has 8 nitrogen and oxygen atoms in total. The molecule has 0 aliphatic heterocycles. The second-order valence-corrected chi connectivity index (χ2v) is 6.19. The molecule has 2 heterocycles. The van der Waals surface area contributed by atoms with Crippen LogP contribution in [-0.2, 0) is 9.59 Å². The van der Waals surface area contributed by atoms with Gasteiger partial charge in [-0.05, 0) is 38.1 Å². The van der Waals surface area contributed by atoms with Crippen LogP contribution in [0.5, 0.6) is 0 Å². The number of carbonyl (C=O) groups excluding carboxylic acids is 2. The third-order valence-corrected chi connectivity index (χ3v) is 3.94. The maximum atomic E-state index is 11.8.